The van der Waals surface area contributed by atoms with Gasteiger partial charge >= 0.3 is 18.2 Å². The van der Waals surface area contributed by atoms with Gasteiger partial charge in [-0.15, -0.1) is 0 Å². The zero-order valence-corrected chi connectivity index (χ0v) is 14.8. The van der Waals surface area contributed by atoms with E-state index in [-0.39, 0.29) is 17.9 Å². The van der Waals surface area contributed by atoms with E-state index < -0.39 is 18.2 Å². The average Bonchev–Trinajstić information content (AvgIpc) is 2.60. The van der Waals surface area contributed by atoms with Crippen LogP contribution in [-0.2, 0) is 11.3 Å². The molecule has 0 saturated heterocycles. The molecule has 0 spiro atoms. The van der Waals surface area contributed by atoms with Gasteiger partial charge in [-0.3, -0.25) is 0 Å². The molecule has 0 fully saturated rings. The third kappa shape index (κ3) is 4.43. The molecule has 0 aliphatic rings. The number of hydrogen-bond acceptors (Lipinski definition) is 5. The highest BCUT2D eigenvalue weighted by atomic mass is 35.5. The molecule has 2 aromatic carbocycles. The summed E-state index contributed by atoms with van der Waals surface area (Å²) in [6.07, 6.45) is 0. The van der Waals surface area contributed by atoms with Gasteiger partial charge in [0, 0.05) is 22.0 Å². The fourth-order valence-corrected chi connectivity index (χ4v) is 2.66. The summed E-state index contributed by atoms with van der Waals surface area (Å²) in [6, 6.07) is 9.68. The van der Waals surface area contributed by atoms with Crippen LogP contribution in [0.4, 0.5) is 8.78 Å². The van der Waals surface area contributed by atoms with Crippen LogP contribution in [0.1, 0.15) is 21.5 Å². The predicted molar refractivity (Wildman–Crippen MR) is 94.4 cm³/mol. The fourth-order valence-electron chi connectivity index (χ4n) is 2.49. The molecule has 0 atom stereocenters. The SMILES string of the molecule is Cc1cc2oc(=O)cc(COC(=O)c3cccc(OC(F)F)c3)c2cc1Cl. The molecule has 1 aromatic heterocycles. The van der Waals surface area contributed by atoms with Crippen LogP contribution in [0.15, 0.2) is 51.7 Å². The van der Waals surface area contributed by atoms with Crippen molar-refractivity contribution in [1.29, 1.82) is 0 Å². The van der Waals surface area contributed by atoms with Crippen molar-refractivity contribution in [1.82, 2.24) is 0 Å². The standard InChI is InChI=1S/C19H13ClF2O5/c1-10-5-16-14(8-15(10)20)12(7-17(23)27-16)9-25-18(24)11-3-2-4-13(6-11)26-19(21)22/h2-8,19H,9H2,1H3. The molecule has 0 N–H and O–H groups in total. The van der Waals surface area contributed by atoms with Crippen LogP contribution in [0.25, 0.3) is 11.0 Å². The summed E-state index contributed by atoms with van der Waals surface area (Å²) >= 11 is 6.11. The van der Waals surface area contributed by atoms with Gasteiger partial charge in [-0.1, -0.05) is 17.7 Å². The van der Waals surface area contributed by atoms with Crippen LogP contribution in [0, 0.1) is 6.92 Å². The van der Waals surface area contributed by atoms with E-state index >= 15 is 0 Å². The molecule has 140 valence electrons. The molecule has 0 saturated carbocycles. The lowest BCUT2D eigenvalue weighted by Crippen LogP contribution is -2.09. The normalized spacial score (nSPS) is 11.0. The number of esters is 1. The Kier molecular flexibility index (Phi) is 5.41. The van der Waals surface area contributed by atoms with E-state index in [1.807, 2.05) is 0 Å². The smallest absolute Gasteiger partial charge is 0.387 e. The lowest BCUT2D eigenvalue weighted by atomic mass is 10.1. The largest absolute Gasteiger partial charge is 0.457 e. The highest BCUT2D eigenvalue weighted by Crippen LogP contribution is 2.26. The number of rotatable bonds is 5. The second kappa shape index (κ2) is 7.75. The number of benzene rings is 2. The van der Waals surface area contributed by atoms with Crippen LogP contribution in [-0.4, -0.2) is 12.6 Å². The number of ether oxygens (including phenoxy) is 2. The molecular formula is C19H13ClF2O5. The molecule has 5 nitrogen and oxygen atoms in total. The van der Waals surface area contributed by atoms with Gasteiger partial charge in [0.25, 0.3) is 0 Å². The first kappa shape index (κ1) is 18.8. The molecule has 0 unspecified atom stereocenters. The van der Waals surface area contributed by atoms with Gasteiger partial charge in [-0.05, 0) is 42.8 Å². The van der Waals surface area contributed by atoms with E-state index in [4.69, 9.17) is 20.8 Å². The van der Waals surface area contributed by atoms with Crippen LogP contribution in [0.5, 0.6) is 5.75 Å². The van der Waals surface area contributed by atoms with Gasteiger partial charge in [0.15, 0.2) is 0 Å². The van der Waals surface area contributed by atoms with Crippen molar-refractivity contribution in [2.75, 3.05) is 0 Å². The Labute approximate surface area is 157 Å². The quantitative estimate of drug-likeness (QED) is 0.463. The summed E-state index contributed by atoms with van der Waals surface area (Å²) in [5.41, 5.74) is 0.911. The maximum Gasteiger partial charge on any atom is 0.387 e. The van der Waals surface area contributed by atoms with Gasteiger partial charge in [0.1, 0.15) is 17.9 Å². The molecule has 3 rings (SSSR count). The number of fused-ring (bicyclic) bond motifs is 1. The van der Waals surface area contributed by atoms with E-state index in [0.29, 0.717) is 21.6 Å². The van der Waals surface area contributed by atoms with E-state index in [1.54, 1.807) is 19.1 Å². The molecule has 0 aliphatic heterocycles. The van der Waals surface area contributed by atoms with Crippen LogP contribution >= 0.6 is 11.6 Å². The molecule has 27 heavy (non-hydrogen) atoms. The molecule has 0 amide bonds. The average molecular weight is 395 g/mol. The Morgan fingerprint density at radius 3 is 2.74 bits per heavy atom. The third-order valence-electron chi connectivity index (χ3n) is 3.76. The van der Waals surface area contributed by atoms with E-state index in [2.05, 4.69) is 4.74 Å². The van der Waals surface area contributed by atoms with Gasteiger partial charge in [-0.2, -0.15) is 8.78 Å². The Hall–Kier alpha value is -2.93. The van der Waals surface area contributed by atoms with E-state index in [0.717, 1.165) is 11.6 Å². The van der Waals surface area contributed by atoms with Crippen LogP contribution in [0.3, 0.4) is 0 Å². The lowest BCUT2D eigenvalue weighted by molar-refractivity contribution is -0.0499. The highest BCUT2D eigenvalue weighted by molar-refractivity contribution is 6.32. The number of halogens is 3. The van der Waals surface area contributed by atoms with Gasteiger partial charge in [-0.25, -0.2) is 9.59 Å². The second-order valence-electron chi connectivity index (χ2n) is 5.67. The van der Waals surface area contributed by atoms with Crippen molar-refractivity contribution in [3.05, 3.63) is 74.6 Å². The molecule has 8 heteroatoms. The summed E-state index contributed by atoms with van der Waals surface area (Å²) < 4.78 is 39.2. The summed E-state index contributed by atoms with van der Waals surface area (Å²) in [5.74, 6) is -0.915. The first-order chi connectivity index (χ1) is 12.8. The molecular weight excluding hydrogens is 382 g/mol. The maximum atomic E-state index is 12.3. The van der Waals surface area contributed by atoms with Gasteiger partial charge < -0.3 is 13.9 Å². The van der Waals surface area contributed by atoms with Gasteiger partial charge in [0.05, 0.1) is 5.56 Å². The predicted octanol–water partition coefficient (Wildman–Crippen LogP) is 4.71. The summed E-state index contributed by atoms with van der Waals surface area (Å²) in [7, 11) is 0. The number of aryl methyl sites for hydroxylation is 1. The molecule has 0 bridgehead atoms. The van der Waals surface area contributed by atoms with Crippen molar-refractivity contribution in [2.24, 2.45) is 0 Å². The first-order valence-electron chi connectivity index (χ1n) is 7.78. The first-order valence-corrected chi connectivity index (χ1v) is 8.16. The number of alkyl halides is 2. The highest BCUT2D eigenvalue weighted by Gasteiger charge is 2.14. The van der Waals surface area contributed by atoms with Crippen molar-refractivity contribution >= 4 is 28.5 Å². The molecule has 1 heterocycles. The Balaban J connectivity index is 1.83. The summed E-state index contributed by atoms with van der Waals surface area (Å²) in [6.45, 7) is -1.46. The van der Waals surface area contributed by atoms with E-state index in [9.17, 15) is 18.4 Å². The third-order valence-corrected chi connectivity index (χ3v) is 4.17. The molecule has 3 aromatic rings. The maximum absolute atomic E-state index is 12.3. The Morgan fingerprint density at radius 1 is 1.22 bits per heavy atom. The zero-order chi connectivity index (χ0) is 19.6. The second-order valence-corrected chi connectivity index (χ2v) is 6.08. The summed E-state index contributed by atoms with van der Waals surface area (Å²) in [5, 5.41) is 1.01. The Morgan fingerprint density at radius 2 is 2.00 bits per heavy atom. The van der Waals surface area contributed by atoms with Crippen molar-refractivity contribution < 1.29 is 27.5 Å². The number of hydrogen-bond donors (Lipinski definition) is 0. The van der Waals surface area contributed by atoms with Crippen LogP contribution in [0.2, 0.25) is 5.02 Å². The molecule has 0 aliphatic carbocycles. The van der Waals surface area contributed by atoms with E-state index in [1.165, 1.54) is 24.3 Å². The topological polar surface area (TPSA) is 65.7 Å². The number of carbonyl (C=O) groups excluding carboxylic acids is 1. The molecule has 0 radical (unpaired) electrons. The lowest BCUT2D eigenvalue weighted by Gasteiger charge is -2.09. The summed E-state index contributed by atoms with van der Waals surface area (Å²) in [4.78, 5) is 23.9. The van der Waals surface area contributed by atoms with Crippen molar-refractivity contribution in [3.8, 4) is 5.75 Å². The minimum atomic E-state index is -3.00. The number of carbonyl (C=O) groups is 1. The van der Waals surface area contributed by atoms with Crippen molar-refractivity contribution in [2.45, 2.75) is 20.1 Å². The van der Waals surface area contributed by atoms with Crippen molar-refractivity contribution in [3.63, 3.8) is 0 Å². The fraction of sp³-hybridized carbons (Fsp3) is 0.158. The van der Waals surface area contributed by atoms with Gasteiger partial charge in [0.2, 0.25) is 0 Å². The Bertz CT molecular complexity index is 1060. The monoisotopic (exact) mass is 394 g/mol. The minimum Gasteiger partial charge on any atom is -0.457 e. The minimum absolute atomic E-state index is 0.0364. The zero-order valence-electron chi connectivity index (χ0n) is 14.0. The van der Waals surface area contributed by atoms with Crippen LogP contribution < -0.4 is 10.4 Å².